The van der Waals surface area contributed by atoms with Crippen molar-refractivity contribution in [3.05, 3.63) is 64.7 Å². The molecular weight excluding hydrogens is 421 g/mol. The predicted octanol–water partition coefficient (Wildman–Crippen LogP) is 1.18. The van der Waals surface area contributed by atoms with Crippen molar-refractivity contribution in [2.45, 2.75) is 49.9 Å². The van der Waals surface area contributed by atoms with Crippen LogP contribution in [0.25, 0.3) is 0 Å². The summed E-state index contributed by atoms with van der Waals surface area (Å²) < 4.78 is 46.3. The lowest BCUT2D eigenvalue weighted by Crippen LogP contribution is -2.55. The first-order chi connectivity index (χ1) is 14.6. The van der Waals surface area contributed by atoms with E-state index in [4.69, 9.17) is 4.74 Å². The van der Waals surface area contributed by atoms with Crippen molar-refractivity contribution < 1.29 is 48.2 Å². The van der Waals surface area contributed by atoms with Gasteiger partial charge in [0.2, 0.25) is 0 Å². The Kier molecular flexibility index (Phi) is 7.20. The number of rotatable bonds is 6. The number of aliphatic hydroxyl groups is 5. The van der Waals surface area contributed by atoms with Crippen LogP contribution in [0.1, 0.15) is 28.4 Å². The fourth-order valence-corrected chi connectivity index (χ4v) is 3.57. The van der Waals surface area contributed by atoms with Gasteiger partial charge in [-0.05, 0) is 40.8 Å². The Morgan fingerprint density at radius 1 is 0.871 bits per heavy atom. The molecule has 10 heteroatoms. The minimum absolute atomic E-state index is 0.322. The van der Waals surface area contributed by atoms with E-state index in [0.29, 0.717) is 28.7 Å². The van der Waals surface area contributed by atoms with Gasteiger partial charge in [0, 0.05) is 0 Å². The van der Waals surface area contributed by atoms with Crippen molar-refractivity contribution in [3.8, 4) is 5.75 Å². The van der Waals surface area contributed by atoms with Gasteiger partial charge in [-0.1, -0.05) is 30.3 Å². The SMILES string of the molecule is OCc1ccc(Cc2ccc(OC(F)(F)F)cc2)cc1[C@@H]1O[C@H](CO)[C@@H](O)[C@H](O)[C@H]1O. The summed E-state index contributed by atoms with van der Waals surface area (Å²) >= 11 is 0. The maximum absolute atomic E-state index is 12.3. The Morgan fingerprint density at radius 2 is 1.52 bits per heavy atom. The van der Waals surface area contributed by atoms with Crippen molar-refractivity contribution in [2.24, 2.45) is 0 Å². The molecule has 5 N–H and O–H groups in total. The van der Waals surface area contributed by atoms with Gasteiger partial charge in [0.1, 0.15) is 36.3 Å². The Balaban J connectivity index is 1.84. The lowest BCUT2D eigenvalue weighted by molar-refractivity contribution is -0.274. The molecule has 31 heavy (non-hydrogen) atoms. The molecular formula is C21H23F3O7. The quantitative estimate of drug-likeness (QED) is 0.454. The fourth-order valence-electron chi connectivity index (χ4n) is 3.57. The van der Waals surface area contributed by atoms with E-state index in [9.17, 15) is 38.7 Å². The summed E-state index contributed by atoms with van der Waals surface area (Å²) in [7, 11) is 0. The molecule has 1 aliphatic rings. The van der Waals surface area contributed by atoms with Gasteiger partial charge in [-0.15, -0.1) is 13.2 Å². The minimum Gasteiger partial charge on any atom is -0.406 e. The third-order valence-corrected chi connectivity index (χ3v) is 5.14. The largest absolute Gasteiger partial charge is 0.573 e. The van der Waals surface area contributed by atoms with Crippen LogP contribution in [0.4, 0.5) is 13.2 Å². The number of benzene rings is 2. The molecule has 7 nitrogen and oxygen atoms in total. The zero-order chi connectivity index (χ0) is 22.8. The van der Waals surface area contributed by atoms with Gasteiger partial charge < -0.3 is 35.0 Å². The van der Waals surface area contributed by atoms with Crippen LogP contribution >= 0.6 is 0 Å². The summed E-state index contributed by atoms with van der Waals surface area (Å²) in [6.45, 7) is -0.962. The zero-order valence-corrected chi connectivity index (χ0v) is 16.2. The summed E-state index contributed by atoms with van der Waals surface area (Å²) in [5.41, 5.74) is 2.18. The van der Waals surface area contributed by atoms with E-state index >= 15 is 0 Å². The fraction of sp³-hybridized carbons (Fsp3) is 0.429. The molecule has 0 radical (unpaired) electrons. The molecule has 0 amide bonds. The molecule has 2 aromatic carbocycles. The highest BCUT2D eigenvalue weighted by molar-refractivity contribution is 5.38. The molecule has 0 saturated carbocycles. The van der Waals surface area contributed by atoms with E-state index in [2.05, 4.69) is 4.74 Å². The first-order valence-corrected chi connectivity index (χ1v) is 9.50. The molecule has 1 aliphatic heterocycles. The first-order valence-electron chi connectivity index (χ1n) is 9.50. The van der Waals surface area contributed by atoms with E-state index in [1.807, 2.05) is 0 Å². The standard InChI is InChI=1S/C21H23F3O7/c22-21(23,24)31-14-5-2-11(3-6-14)7-12-1-4-13(9-25)15(8-12)20-19(29)18(28)17(27)16(10-26)30-20/h1-6,8,16-20,25-29H,7,9-10H2/t16-,17-,18+,19-,20+/m1/s1. The topological polar surface area (TPSA) is 120 Å². The second-order valence-corrected chi connectivity index (χ2v) is 7.31. The van der Waals surface area contributed by atoms with Crippen LogP contribution in [0.2, 0.25) is 0 Å². The second kappa shape index (κ2) is 9.51. The molecule has 0 aliphatic carbocycles. The monoisotopic (exact) mass is 444 g/mol. The number of ether oxygens (including phenoxy) is 2. The third kappa shape index (κ3) is 5.53. The van der Waals surface area contributed by atoms with Crippen LogP contribution in [0.5, 0.6) is 5.75 Å². The molecule has 0 bridgehead atoms. The summed E-state index contributed by atoms with van der Waals surface area (Å²) in [5, 5.41) is 49.5. The van der Waals surface area contributed by atoms with E-state index < -0.39 is 43.5 Å². The average molecular weight is 444 g/mol. The minimum atomic E-state index is -4.78. The number of alkyl halides is 3. The Bertz CT molecular complexity index is 870. The van der Waals surface area contributed by atoms with Gasteiger partial charge in [0.15, 0.2) is 0 Å². The number of hydrogen-bond donors (Lipinski definition) is 5. The number of aliphatic hydroxyl groups excluding tert-OH is 5. The van der Waals surface area contributed by atoms with Crippen LogP contribution in [0, 0.1) is 0 Å². The highest BCUT2D eigenvalue weighted by Gasteiger charge is 2.44. The predicted molar refractivity (Wildman–Crippen MR) is 101 cm³/mol. The van der Waals surface area contributed by atoms with Crippen molar-refractivity contribution in [1.29, 1.82) is 0 Å². The van der Waals surface area contributed by atoms with E-state index in [0.717, 1.165) is 0 Å². The summed E-state index contributed by atoms with van der Waals surface area (Å²) in [4.78, 5) is 0. The second-order valence-electron chi connectivity index (χ2n) is 7.31. The molecule has 1 heterocycles. The summed E-state index contributed by atoms with van der Waals surface area (Å²) in [5.74, 6) is -0.339. The zero-order valence-electron chi connectivity index (χ0n) is 16.2. The lowest BCUT2D eigenvalue weighted by atomic mass is 9.88. The molecule has 5 atom stereocenters. The highest BCUT2D eigenvalue weighted by Crippen LogP contribution is 2.35. The van der Waals surface area contributed by atoms with Gasteiger partial charge in [-0.3, -0.25) is 0 Å². The van der Waals surface area contributed by atoms with Gasteiger partial charge >= 0.3 is 6.36 Å². The molecule has 0 spiro atoms. The average Bonchev–Trinajstić information content (AvgIpc) is 2.73. The molecule has 2 aromatic rings. The van der Waals surface area contributed by atoms with Crippen molar-refractivity contribution >= 4 is 0 Å². The Labute approximate surface area is 175 Å². The Hall–Kier alpha value is -2.21. The summed E-state index contributed by atoms with van der Waals surface area (Å²) in [6.07, 6.45) is -11.2. The smallest absolute Gasteiger partial charge is 0.406 e. The Morgan fingerprint density at radius 3 is 2.10 bits per heavy atom. The molecule has 3 rings (SSSR count). The molecule has 170 valence electrons. The normalized spacial score (nSPS) is 26.6. The number of halogens is 3. The van der Waals surface area contributed by atoms with Gasteiger partial charge in [-0.2, -0.15) is 0 Å². The van der Waals surface area contributed by atoms with Crippen molar-refractivity contribution in [3.63, 3.8) is 0 Å². The van der Waals surface area contributed by atoms with E-state index in [-0.39, 0.29) is 12.4 Å². The highest BCUT2D eigenvalue weighted by atomic mass is 19.4. The van der Waals surface area contributed by atoms with Gasteiger partial charge in [0.05, 0.1) is 13.2 Å². The maximum atomic E-state index is 12.3. The third-order valence-electron chi connectivity index (χ3n) is 5.14. The van der Waals surface area contributed by atoms with Crippen molar-refractivity contribution in [2.75, 3.05) is 6.61 Å². The summed E-state index contributed by atoms with van der Waals surface area (Å²) in [6, 6.07) is 10.3. The van der Waals surface area contributed by atoms with Gasteiger partial charge in [-0.25, -0.2) is 0 Å². The van der Waals surface area contributed by atoms with Gasteiger partial charge in [0.25, 0.3) is 0 Å². The molecule has 0 aromatic heterocycles. The van der Waals surface area contributed by atoms with Crippen LogP contribution in [-0.4, -0.2) is 62.9 Å². The van der Waals surface area contributed by atoms with Crippen LogP contribution < -0.4 is 4.74 Å². The molecule has 0 unspecified atom stereocenters. The van der Waals surface area contributed by atoms with E-state index in [1.165, 1.54) is 24.3 Å². The van der Waals surface area contributed by atoms with Crippen LogP contribution in [0.15, 0.2) is 42.5 Å². The van der Waals surface area contributed by atoms with Crippen LogP contribution in [0.3, 0.4) is 0 Å². The lowest BCUT2D eigenvalue weighted by Gasteiger charge is -2.40. The van der Waals surface area contributed by atoms with Crippen LogP contribution in [-0.2, 0) is 17.8 Å². The van der Waals surface area contributed by atoms with Crippen molar-refractivity contribution in [1.82, 2.24) is 0 Å². The van der Waals surface area contributed by atoms with E-state index in [1.54, 1.807) is 18.2 Å². The molecule has 1 saturated heterocycles. The first kappa shape index (κ1) is 23.5. The number of hydrogen-bond acceptors (Lipinski definition) is 7. The maximum Gasteiger partial charge on any atom is 0.573 e. The molecule has 1 fully saturated rings.